The average Bonchev–Trinajstić information content (AvgIpc) is 3.67. The summed E-state index contributed by atoms with van der Waals surface area (Å²) in [7, 11) is 0. The predicted molar refractivity (Wildman–Crippen MR) is 135 cm³/mol. The summed E-state index contributed by atoms with van der Waals surface area (Å²) in [5.74, 6) is -0.113. The van der Waals surface area contributed by atoms with E-state index in [1.165, 1.54) is 12.1 Å². The maximum absolute atomic E-state index is 13.2. The van der Waals surface area contributed by atoms with E-state index in [0.29, 0.717) is 50.1 Å². The lowest BCUT2D eigenvalue weighted by Crippen LogP contribution is -2.54. The molecule has 2 aliphatic rings. The number of piperazine rings is 1. The Hall–Kier alpha value is -2.62. The van der Waals surface area contributed by atoms with Crippen LogP contribution in [0.3, 0.4) is 0 Å². The first-order valence-corrected chi connectivity index (χ1v) is 13.0. The fourth-order valence-electron chi connectivity index (χ4n) is 4.57. The molecule has 1 aliphatic heterocycles. The van der Waals surface area contributed by atoms with Crippen LogP contribution in [0.1, 0.15) is 47.5 Å². The van der Waals surface area contributed by atoms with Gasteiger partial charge in [-0.05, 0) is 62.1 Å². The number of amides is 2. The van der Waals surface area contributed by atoms with Gasteiger partial charge in [-0.3, -0.25) is 9.59 Å². The summed E-state index contributed by atoms with van der Waals surface area (Å²) >= 11 is -0.0206. The lowest BCUT2D eigenvalue weighted by Gasteiger charge is -2.34. The molecule has 9 heteroatoms. The molecule has 3 atom stereocenters. The van der Waals surface area contributed by atoms with Crippen molar-refractivity contribution in [2.24, 2.45) is 0 Å². The van der Waals surface area contributed by atoms with Crippen LogP contribution in [0.2, 0.25) is 0 Å². The highest BCUT2D eigenvalue weighted by Gasteiger charge is 2.37. The van der Waals surface area contributed by atoms with Crippen molar-refractivity contribution in [3.05, 3.63) is 71.5 Å². The summed E-state index contributed by atoms with van der Waals surface area (Å²) in [4.78, 5) is 27.7. The number of hydrogen-bond acceptors (Lipinski definition) is 4. The van der Waals surface area contributed by atoms with E-state index in [4.69, 9.17) is 0 Å². The SMILES string of the molecule is O=[SH]N1CCN(C(=O)[C@H](CCCCN[C@H]2C[C@@H]2c2ccc(F)cc2)NC(=O)c2ccccc2)CC1. The Balaban J connectivity index is 1.25. The zero-order chi connectivity index (χ0) is 24.6. The second-order valence-electron chi connectivity index (χ2n) is 9.20. The van der Waals surface area contributed by atoms with E-state index in [2.05, 4.69) is 10.6 Å². The summed E-state index contributed by atoms with van der Waals surface area (Å²) < 4.78 is 26.0. The van der Waals surface area contributed by atoms with Gasteiger partial charge >= 0.3 is 0 Å². The van der Waals surface area contributed by atoms with Crippen molar-refractivity contribution >= 4 is 23.7 Å². The first kappa shape index (κ1) is 25.5. The molecule has 35 heavy (non-hydrogen) atoms. The first-order valence-electron chi connectivity index (χ1n) is 12.3. The van der Waals surface area contributed by atoms with Crippen LogP contribution in [0, 0.1) is 5.82 Å². The normalized spacial score (nSPS) is 20.9. The molecule has 2 amide bonds. The highest BCUT2D eigenvalue weighted by atomic mass is 32.2. The molecule has 0 bridgehead atoms. The Morgan fingerprint density at radius 3 is 2.40 bits per heavy atom. The topological polar surface area (TPSA) is 81.8 Å². The largest absolute Gasteiger partial charge is 0.340 e. The minimum atomic E-state index is -0.591. The molecule has 1 saturated heterocycles. The van der Waals surface area contributed by atoms with Crippen molar-refractivity contribution in [2.45, 2.75) is 43.7 Å². The number of halogens is 1. The fraction of sp³-hybridized carbons (Fsp3) is 0.462. The zero-order valence-electron chi connectivity index (χ0n) is 19.7. The molecule has 0 unspecified atom stereocenters. The second kappa shape index (κ2) is 12.4. The van der Waals surface area contributed by atoms with Crippen LogP contribution in [-0.4, -0.2) is 70.0 Å². The van der Waals surface area contributed by atoms with Crippen LogP contribution < -0.4 is 10.6 Å². The maximum atomic E-state index is 13.2. The number of thiol groups is 1. The number of benzene rings is 2. The lowest BCUT2D eigenvalue weighted by molar-refractivity contribution is -0.134. The summed E-state index contributed by atoms with van der Waals surface area (Å²) in [6.45, 7) is 2.93. The molecule has 1 heterocycles. The number of carbonyl (C=O) groups excluding carboxylic acids is 2. The predicted octanol–water partition coefficient (Wildman–Crippen LogP) is 2.24. The van der Waals surface area contributed by atoms with Gasteiger partial charge in [-0.2, -0.15) is 0 Å². The zero-order valence-corrected chi connectivity index (χ0v) is 20.6. The van der Waals surface area contributed by atoms with Gasteiger partial charge < -0.3 is 15.5 Å². The lowest BCUT2D eigenvalue weighted by atomic mass is 10.1. The van der Waals surface area contributed by atoms with Gasteiger partial charge in [0.05, 0.1) is 11.9 Å². The van der Waals surface area contributed by atoms with Gasteiger partial charge in [0.1, 0.15) is 11.9 Å². The summed E-state index contributed by atoms with van der Waals surface area (Å²) in [5.41, 5.74) is 1.69. The Bertz CT molecular complexity index is 999. The molecule has 1 aliphatic carbocycles. The standard InChI is InChI=1S/C26H33FN4O3S/c27-21-11-9-19(10-12-21)22-18-24(22)28-13-5-4-8-23(29-25(32)20-6-2-1-3-7-20)26(33)30-14-16-31(35-34)17-15-30/h1-3,6-7,9-12,22-24,28,35H,4-5,8,13-18H2,(H,29,32)/t22-,23+,24+/m1/s1. The van der Waals surface area contributed by atoms with Crippen molar-refractivity contribution in [2.75, 3.05) is 32.7 Å². The molecular weight excluding hydrogens is 467 g/mol. The van der Waals surface area contributed by atoms with Crippen molar-refractivity contribution < 1.29 is 18.2 Å². The van der Waals surface area contributed by atoms with Gasteiger partial charge in [0.2, 0.25) is 5.91 Å². The molecule has 0 radical (unpaired) electrons. The number of nitrogens with zero attached hydrogens (tertiary/aromatic N) is 2. The first-order chi connectivity index (χ1) is 17.0. The number of unbranched alkanes of at least 4 members (excludes halogenated alkanes) is 1. The monoisotopic (exact) mass is 500 g/mol. The Kier molecular flexibility index (Phi) is 9.01. The summed E-state index contributed by atoms with van der Waals surface area (Å²) in [5, 5.41) is 6.49. The van der Waals surface area contributed by atoms with E-state index >= 15 is 0 Å². The maximum Gasteiger partial charge on any atom is 0.251 e. The third-order valence-electron chi connectivity index (χ3n) is 6.74. The highest BCUT2D eigenvalue weighted by molar-refractivity contribution is 7.63. The van der Waals surface area contributed by atoms with E-state index < -0.39 is 6.04 Å². The third kappa shape index (κ3) is 7.19. The Morgan fingerprint density at radius 1 is 1.00 bits per heavy atom. The molecule has 0 spiro atoms. The summed E-state index contributed by atoms with van der Waals surface area (Å²) in [6.07, 6.45) is 3.30. The molecule has 0 aromatic heterocycles. The van der Waals surface area contributed by atoms with Crippen molar-refractivity contribution in [3.63, 3.8) is 0 Å². The summed E-state index contributed by atoms with van der Waals surface area (Å²) in [6, 6.07) is 15.5. The van der Waals surface area contributed by atoms with Gasteiger partial charge in [-0.15, -0.1) is 0 Å². The van der Waals surface area contributed by atoms with Crippen LogP contribution in [0.4, 0.5) is 4.39 Å². The molecule has 2 aromatic carbocycles. The Morgan fingerprint density at radius 2 is 1.71 bits per heavy atom. The fourth-order valence-corrected chi connectivity index (χ4v) is 4.91. The minimum Gasteiger partial charge on any atom is -0.340 e. The Labute approximate surface area is 209 Å². The van der Waals surface area contributed by atoms with Crippen LogP contribution in [0.15, 0.2) is 54.6 Å². The molecule has 4 rings (SSSR count). The second-order valence-corrected chi connectivity index (χ2v) is 9.93. The number of nitrogens with one attached hydrogen (secondary N) is 2. The van der Waals surface area contributed by atoms with Crippen LogP contribution in [0.25, 0.3) is 0 Å². The van der Waals surface area contributed by atoms with E-state index in [1.807, 2.05) is 18.2 Å². The molecule has 2 N–H and O–H groups in total. The molecule has 2 aromatic rings. The molecule has 188 valence electrons. The van der Waals surface area contributed by atoms with E-state index in [1.54, 1.807) is 33.5 Å². The number of carbonyl (C=O) groups is 2. The minimum absolute atomic E-state index is 0.0206. The van der Waals surface area contributed by atoms with Gasteiger partial charge in [-0.25, -0.2) is 12.9 Å². The van der Waals surface area contributed by atoms with Gasteiger partial charge in [0, 0.05) is 43.7 Å². The van der Waals surface area contributed by atoms with Crippen molar-refractivity contribution in [1.82, 2.24) is 19.8 Å². The van der Waals surface area contributed by atoms with Gasteiger partial charge in [0.15, 0.2) is 0 Å². The van der Waals surface area contributed by atoms with Crippen LogP contribution in [0.5, 0.6) is 0 Å². The number of hydrogen-bond donors (Lipinski definition) is 3. The quantitative estimate of drug-likeness (QED) is 0.327. The molecule has 1 saturated carbocycles. The van der Waals surface area contributed by atoms with Crippen molar-refractivity contribution in [1.29, 1.82) is 0 Å². The molecule has 2 fully saturated rings. The van der Waals surface area contributed by atoms with E-state index in [0.717, 1.165) is 31.4 Å². The van der Waals surface area contributed by atoms with Gasteiger partial charge in [0.25, 0.3) is 5.91 Å². The molecule has 7 nitrogen and oxygen atoms in total. The van der Waals surface area contributed by atoms with Crippen LogP contribution >= 0.6 is 0 Å². The van der Waals surface area contributed by atoms with Gasteiger partial charge in [-0.1, -0.05) is 30.3 Å². The third-order valence-corrected chi connectivity index (χ3v) is 7.37. The van der Waals surface area contributed by atoms with E-state index in [-0.39, 0.29) is 29.5 Å². The molecular formula is C26H33FN4O3S. The smallest absolute Gasteiger partial charge is 0.251 e. The van der Waals surface area contributed by atoms with Crippen LogP contribution in [-0.2, 0) is 16.6 Å². The highest BCUT2D eigenvalue weighted by Crippen LogP contribution is 2.40. The van der Waals surface area contributed by atoms with E-state index in [9.17, 15) is 18.2 Å². The van der Waals surface area contributed by atoms with Crippen molar-refractivity contribution in [3.8, 4) is 0 Å². The number of rotatable bonds is 11. The average molecular weight is 501 g/mol.